The van der Waals surface area contributed by atoms with Crippen molar-refractivity contribution in [3.8, 4) is 0 Å². The quantitative estimate of drug-likeness (QED) is 0.212. The van der Waals surface area contributed by atoms with Crippen LogP contribution in [0.2, 0.25) is 10.0 Å². The highest BCUT2D eigenvalue weighted by Gasteiger charge is 2.27. The number of halogens is 2. The lowest BCUT2D eigenvalue weighted by atomic mass is 10.2. The third-order valence-electron chi connectivity index (χ3n) is 5.45. The van der Waals surface area contributed by atoms with Gasteiger partial charge in [-0.15, -0.1) is 11.8 Å². The van der Waals surface area contributed by atoms with Crippen LogP contribution in [-0.2, 0) is 20.6 Å². The topological polar surface area (TPSA) is 66.5 Å². The van der Waals surface area contributed by atoms with Gasteiger partial charge in [-0.1, -0.05) is 59.6 Å². The van der Waals surface area contributed by atoms with Crippen LogP contribution in [-0.4, -0.2) is 20.9 Å². The standard InChI is InChI=1S/C28H24Cl2N2O3S2/c1-20-5-4-6-24(17-20)32(37(34,35)25-15-13-23(30)14-16-25)18-28(33)31-26-7-2-3-8-27(26)36-19-21-9-11-22(29)12-10-21/h2-17H,18-19H2,1H3,(H,31,33). The molecule has 9 heteroatoms. The maximum Gasteiger partial charge on any atom is 0.264 e. The summed E-state index contributed by atoms with van der Waals surface area (Å²) in [4.78, 5) is 14.1. The fraction of sp³-hybridized carbons (Fsp3) is 0.107. The Balaban J connectivity index is 1.56. The van der Waals surface area contributed by atoms with Crippen LogP contribution in [0, 0.1) is 6.92 Å². The summed E-state index contributed by atoms with van der Waals surface area (Å²) >= 11 is 13.5. The van der Waals surface area contributed by atoms with Crippen LogP contribution in [0.25, 0.3) is 0 Å². The van der Waals surface area contributed by atoms with E-state index < -0.39 is 22.5 Å². The SMILES string of the molecule is Cc1cccc(N(CC(=O)Nc2ccccc2SCc2ccc(Cl)cc2)S(=O)(=O)c2ccc(Cl)cc2)c1. The van der Waals surface area contributed by atoms with E-state index in [1.165, 1.54) is 24.3 Å². The summed E-state index contributed by atoms with van der Waals surface area (Å²) in [6.45, 7) is 1.47. The van der Waals surface area contributed by atoms with Crippen LogP contribution >= 0.6 is 35.0 Å². The molecule has 4 aromatic carbocycles. The Kier molecular flexibility index (Phi) is 8.82. The second-order valence-electron chi connectivity index (χ2n) is 8.26. The number of carbonyl (C=O) groups is 1. The number of benzene rings is 4. The van der Waals surface area contributed by atoms with Crippen molar-refractivity contribution in [1.82, 2.24) is 0 Å². The van der Waals surface area contributed by atoms with Gasteiger partial charge in [0.15, 0.2) is 0 Å². The van der Waals surface area contributed by atoms with E-state index in [0.717, 1.165) is 20.3 Å². The van der Waals surface area contributed by atoms with Gasteiger partial charge in [0.1, 0.15) is 6.54 Å². The van der Waals surface area contributed by atoms with Crippen LogP contribution in [0.3, 0.4) is 0 Å². The molecule has 0 saturated heterocycles. The summed E-state index contributed by atoms with van der Waals surface area (Å²) in [5, 5.41) is 3.99. The van der Waals surface area contributed by atoms with Gasteiger partial charge < -0.3 is 5.32 Å². The minimum atomic E-state index is -4.04. The number of sulfonamides is 1. The van der Waals surface area contributed by atoms with E-state index in [2.05, 4.69) is 5.32 Å². The Morgan fingerprint density at radius 1 is 0.865 bits per heavy atom. The van der Waals surface area contributed by atoms with E-state index in [0.29, 0.717) is 27.2 Å². The van der Waals surface area contributed by atoms with Gasteiger partial charge in [0.2, 0.25) is 5.91 Å². The molecule has 0 saturated carbocycles. The van der Waals surface area contributed by atoms with Gasteiger partial charge in [0.25, 0.3) is 10.0 Å². The first-order valence-corrected chi connectivity index (χ1v) is 14.5. The van der Waals surface area contributed by atoms with Crippen molar-refractivity contribution in [2.45, 2.75) is 22.5 Å². The number of nitrogens with one attached hydrogen (secondary N) is 1. The summed E-state index contributed by atoms with van der Waals surface area (Å²) in [6.07, 6.45) is 0. The number of thioether (sulfide) groups is 1. The van der Waals surface area contributed by atoms with E-state index in [1.807, 2.05) is 55.5 Å². The zero-order valence-corrected chi connectivity index (χ0v) is 23.0. The number of rotatable bonds is 9. The molecule has 0 aliphatic heterocycles. The van der Waals surface area contributed by atoms with Crippen molar-refractivity contribution in [3.63, 3.8) is 0 Å². The van der Waals surface area contributed by atoms with E-state index in [4.69, 9.17) is 23.2 Å². The van der Waals surface area contributed by atoms with Gasteiger partial charge in [0, 0.05) is 20.7 Å². The monoisotopic (exact) mass is 570 g/mol. The number of amides is 1. The highest BCUT2D eigenvalue weighted by molar-refractivity contribution is 7.98. The molecule has 0 atom stereocenters. The molecule has 1 N–H and O–H groups in total. The van der Waals surface area contributed by atoms with Gasteiger partial charge in [-0.2, -0.15) is 0 Å². The lowest BCUT2D eigenvalue weighted by molar-refractivity contribution is -0.114. The average molecular weight is 572 g/mol. The fourth-order valence-corrected chi connectivity index (χ4v) is 6.22. The van der Waals surface area contributed by atoms with E-state index in [1.54, 1.807) is 36.0 Å². The molecule has 0 aliphatic rings. The van der Waals surface area contributed by atoms with Gasteiger partial charge in [-0.05, 0) is 78.7 Å². The second kappa shape index (κ2) is 12.0. The van der Waals surface area contributed by atoms with Gasteiger partial charge >= 0.3 is 0 Å². The first kappa shape index (κ1) is 27.1. The second-order valence-corrected chi connectivity index (χ2v) is 12.0. The molecule has 4 aromatic rings. The van der Waals surface area contributed by atoms with E-state index in [-0.39, 0.29) is 4.90 Å². The Labute approximate surface area is 231 Å². The van der Waals surface area contributed by atoms with Crippen molar-refractivity contribution in [2.75, 3.05) is 16.2 Å². The molecule has 0 heterocycles. The molecular weight excluding hydrogens is 547 g/mol. The minimum Gasteiger partial charge on any atom is -0.323 e. The largest absolute Gasteiger partial charge is 0.323 e. The summed E-state index contributed by atoms with van der Waals surface area (Å²) in [6, 6.07) is 27.9. The number of carbonyl (C=O) groups excluding carboxylic acids is 1. The molecule has 0 aliphatic carbocycles. The van der Waals surface area contributed by atoms with Crippen molar-refractivity contribution in [1.29, 1.82) is 0 Å². The molecule has 0 radical (unpaired) electrons. The Morgan fingerprint density at radius 3 is 2.19 bits per heavy atom. The summed E-state index contributed by atoms with van der Waals surface area (Å²) in [5.41, 5.74) is 2.98. The molecule has 0 aromatic heterocycles. The first-order chi connectivity index (χ1) is 17.7. The lowest BCUT2D eigenvalue weighted by Gasteiger charge is -2.24. The number of nitrogens with zero attached hydrogens (tertiary/aromatic N) is 1. The highest BCUT2D eigenvalue weighted by Crippen LogP contribution is 2.31. The third kappa shape index (κ3) is 7.08. The molecule has 4 rings (SSSR count). The smallest absolute Gasteiger partial charge is 0.264 e. The van der Waals surface area contributed by atoms with Crippen LogP contribution in [0.5, 0.6) is 0 Å². The minimum absolute atomic E-state index is 0.0464. The fourth-order valence-electron chi connectivity index (χ4n) is 3.59. The van der Waals surface area contributed by atoms with E-state index in [9.17, 15) is 13.2 Å². The molecule has 5 nitrogen and oxygen atoms in total. The Hall–Kier alpha value is -2.97. The summed E-state index contributed by atoms with van der Waals surface area (Å²) in [5.74, 6) is 0.225. The molecular formula is C28H24Cl2N2O3S2. The average Bonchev–Trinajstić information content (AvgIpc) is 2.88. The van der Waals surface area contributed by atoms with Crippen molar-refractivity contribution < 1.29 is 13.2 Å². The van der Waals surface area contributed by atoms with Gasteiger partial charge in [-0.3, -0.25) is 9.10 Å². The van der Waals surface area contributed by atoms with Crippen LogP contribution in [0.4, 0.5) is 11.4 Å². The predicted molar refractivity (Wildman–Crippen MR) is 153 cm³/mol. The highest BCUT2D eigenvalue weighted by atomic mass is 35.5. The zero-order chi connectivity index (χ0) is 26.4. The Bertz CT molecular complexity index is 1490. The van der Waals surface area contributed by atoms with Crippen molar-refractivity contribution >= 4 is 62.3 Å². The molecule has 37 heavy (non-hydrogen) atoms. The number of anilines is 2. The molecule has 0 bridgehead atoms. The maximum atomic E-state index is 13.6. The molecule has 0 unspecified atom stereocenters. The lowest BCUT2D eigenvalue weighted by Crippen LogP contribution is -2.38. The number of para-hydroxylation sites is 1. The predicted octanol–water partition coefficient (Wildman–Crippen LogP) is 7.43. The Morgan fingerprint density at radius 2 is 1.51 bits per heavy atom. The molecule has 0 fully saturated rings. The van der Waals surface area contributed by atoms with Gasteiger partial charge in [0.05, 0.1) is 16.3 Å². The van der Waals surface area contributed by atoms with Crippen LogP contribution in [0.15, 0.2) is 107 Å². The molecule has 1 amide bonds. The summed E-state index contributed by atoms with van der Waals surface area (Å²) in [7, 11) is -4.04. The number of aryl methyl sites for hydroxylation is 1. The van der Waals surface area contributed by atoms with Crippen LogP contribution in [0.1, 0.15) is 11.1 Å². The molecule has 190 valence electrons. The first-order valence-electron chi connectivity index (χ1n) is 11.3. The summed E-state index contributed by atoms with van der Waals surface area (Å²) < 4.78 is 28.3. The van der Waals surface area contributed by atoms with Crippen LogP contribution < -0.4 is 9.62 Å². The zero-order valence-electron chi connectivity index (χ0n) is 19.9. The molecule has 0 spiro atoms. The van der Waals surface area contributed by atoms with Gasteiger partial charge in [-0.25, -0.2) is 8.42 Å². The number of hydrogen-bond donors (Lipinski definition) is 1. The van der Waals surface area contributed by atoms with Crippen molar-refractivity contribution in [2.24, 2.45) is 0 Å². The third-order valence-corrected chi connectivity index (χ3v) is 8.88. The normalized spacial score (nSPS) is 11.2. The van der Waals surface area contributed by atoms with E-state index >= 15 is 0 Å². The maximum absolute atomic E-state index is 13.6. The number of hydrogen-bond acceptors (Lipinski definition) is 4. The van der Waals surface area contributed by atoms with Crippen molar-refractivity contribution in [3.05, 3.63) is 118 Å².